The molecule has 0 aliphatic heterocycles. The molecular formula is C18H24ClNO3. The lowest BCUT2D eigenvalue weighted by molar-refractivity contribution is -0.144. The molecule has 0 aromatic heterocycles. The van der Waals surface area contributed by atoms with E-state index >= 15 is 0 Å². The van der Waals surface area contributed by atoms with Crippen molar-refractivity contribution in [3.63, 3.8) is 0 Å². The van der Waals surface area contributed by atoms with Crippen LogP contribution in [-0.2, 0) is 20.7 Å². The summed E-state index contributed by atoms with van der Waals surface area (Å²) in [5.41, 5.74) is 1.16. The molecule has 1 aromatic rings. The Morgan fingerprint density at radius 1 is 1.26 bits per heavy atom. The lowest BCUT2D eigenvalue weighted by Crippen LogP contribution is -2.33. The van der Waals surface area contributed by atoms with Crippen molar-refractivity contribution < 1.29 is 14.3 Å². The summed E-state index contributed by atoms with van der Waals surface area (Å²) < 4.78 is 4.89. The molecule has 0 fully saturated rings. The minimum absolute atomic E-state index is 0.0307. The highest BCUT2D eigenvalue weighted by molar-refractivity contribution is 6.30. The minimum Gasteiger partial charge on any atom is -0.466 e. The number of hydrogen-bond acceptors (Lipinski definition) is 3. The van der Waals surface area contributed by atoms with Crippen molar-refractivity contribution in [3.8, 4) is 0 Å². The molecular weight excluding hydrogens is 314 g/mol. The second-order valence-corrected chi connectivity index (χ2v) is 5.60. The van der Waals surface area contributed by atoms with Crippen molar-refractivity contribution in [1.82, 2.24) is 4.90 Å². The molecule has 0 bridgehead atoms. The highest BCUT2D eigenvalue weighted by Gasteiger charge is 2.14. The van der Waals surface area contributed by atoms with Crippen LogP contribution < -0.4 is 0 Å². The van der Waals surface area contributed by atoms with Gasteiger partial charge < -0.3 is 9.64 Å². The molecule has 0 radical (unpaired) electrons. The number of halogens is 1. The SMILES string of the molecule is C=CCN(CCC(=O)OCC)C(=O)CCCc1ccc(Cl)cc1. The van der Waals surface area contributed by atoms with E-state index in [1.165, 1.54) is 0 Å². The molecule has 0 heterocycles. The van der Waals surface area contributed by atoms with Gasteiger partial charge >= 0.3 is 5.97 Å². The Balaban J connectivity index is 2.39. The Morgan fingerprint density at radius 2 is 1.96 bits per heavy atom. The highest BCUT2D eigenvalue weighted by Crippen LogP contribution is 2.12. The molecule has 0 saturated carbocycles. The maximum absolute atomic E-state index is 12.3. The zero-order valence-electron chi connectivity index (χ0n) is 13.6. The van der Waals surface area contributed by atoms with Crippen LogP contribution in [-0.4, -0.2) is 36.5 Å². The van der Waals surface area contributed by atoms with Gasteiger partial charge in [-0.25, -0.2) is 0 Å². The van der Waals surface area contributed by atoms with Gasteiger partial charge in [0.1, 0.15) is 0 Å². The Morgan fingerprint density at radius 3 is 2.57 bits per heavy atom. The number of ether oxygens (including phenoxy) is 1. The van der Waals surface area contributed by atoms with Gasteiger partial charge in [0.05, 0.1) is 13.0 Å². The maximum Gasteiger partial charge on any atom is 0.307 e. The highest BCUT2D eigenvalue weighted by atomic mass is 35.5. The van der Waals surface area contributed by atoms with E-state index in [1.54, 1.807) is 17.9 Å². The quantitative estimate of drug-likeness (QED) is 0.484. The first-order valence-corrected chi connectivity index (χ1v) is 8.23. The van der Waals surface area contributed by atoms with Gasteiger partial charge in [0.25, 0.3) is 0 Å². The Hall–Kier alpha value is -1.81. The summed E-state index contributed by atoms with van der Waals surface area (Å²) in [6.07, 6.45) is 3.91. The van der Waals surface area contributed by atoms with Crippen LogP contribution >= 0.6 is 11.6 Å². The van der Waals surface area contributed by atoms with Crippen LogP contribution in [0.15, 0.2) is 36.9 Å². The number of amides is 1. The molecule has 4 nitrogen and oxygen atoms in total. The summed E-state index contributed by atoms with van der Waals surface area (Å²) >= 11 is 5.85. The van der Waals surface area contributed by atoms with Crippen LogP contribution in [0, 0.1) is 0 Å². The van der Waals surface area contributed by atoms with Gasteiger partial charge in [-0.15, -0.1) is 6.58 Å². The summed E-state index contributed by atoms with van der Waals surface area (Å²) in [6.45, 7) is 6.59. The van der Waals surface area contributed by atoms with Crippen molar-refractivity contribution in [2.24, 2.45) is 0 Å². The number of carbonyl (C=O) groups is 2. The third kappa shape index (κ3) is 7.84. The molecule has 0 atom stereocenters. The van der Waals surface area contributed by atoms with E-state index in [4.69, 9.17) is 16.3 Å². The average Bonchev–Trinajstić information content (AvgIpc) is 2.53. The number of hydrogen-bond donors (Lipinski definition) is 0. The Labute approximate surface area is 143 Å². The van der Waals surface area contributed by atoms with Gasteiger partial charge in [0, 0.05) is 24.5 Å². The third-order valence-electron chi connectivity index (χ3n) is 3.36. The van der Waals surface area contributed by atoms with E-state index in [-0.39, 0.29) is 18.3 Å². The number of nitrogens with zero attached hydrogens (tertiary/aromatic N) is 1. The van der Waals surface area contributed by atoms with Gasteiger partial charge in [-0.1, -0.05) is 29.8 Å². The molecule has 5 heteroatoms. The topological polar surface area (TPSA) is 46.6 Å². The van der Waals surface area contributed by atoms with E-state index in [9.17, 15) is 9.59 Å². The summed E-state index contributed by atoms with van der Waals surface area (Å²) in [5, 5.41) is 0.709. The summed E-state index contributed by atoms with van der Waals surface area (Å²) in [6, 6.07) is 7.63. The fraction of sp³-hybridized carbons (Fsp3) is 0.444. The first kappa shape index (κ1) is 19.2. The first-order chi connectivity index (χ1) is 11.1. The van der Waals surface area contributed by atoms with Gasteiger partial charge in [0.15, 0.2) is 0 Å². The zero-order chi connectivity index (χ0) is 17.1. The van der Waals surface area contributed by atoms with E-state index in [1.807, 2.05) is 24.3 Å². The van der Waals surface area contributed by atoms with E-state index in [0.29, 0.717) is 31.1 Å². The zero-order valence-corrected chi connectivity index (χ0v) is 14.3. The Bertz CT molecular complexity index is 514. The molecule has 1 aromatic carbocycles. The van der Waals surface area contributed by atoms with Crippen molar-refractivity contribution in [3.05, 3.63) is 47.5 Å². The van der Waals surface area contributed by atoms with Crippen molar-refractivity contribution in [2.75, 3.05) is 19.7 Å². The second kappa shape index (κ2) is 10.8. The molecule has 126 valence electrons. The van der Waals surface area contributed by atoms with Crippen LogP contribution in [0.3, 0.4) is 0 Å². The summed E-state index contributed by atoms with van der Waals surface area (Å²) in [4.78, 5) is 25.3. The van der Waals surface area contributed by atoms with E-state index in [0.717, 1.165) is 18.4 Å². The van der Waals surface area contributed by atoms with Gasteiger partial charge in [-0.05, 0) is 37.5 Å². The van der Waals surface area contributed by atoms with Gasteiger partial charge in [-0.2, -0.15) is 0 Å². The normalized spacial score (nSPS) is 10.2. The molecule has 1 rings (SSSR count). The number of carbonyl (C=O) groups excluding carboxylic acids is 2. The predicted octanol–water partition coefficient (Wildman–Crippen LogP) is 3.63. The maximum atomic E-state index is 12.3. The second-order valence-electron chi connectivity index (χ2n) is 5.16. The predicted molar refractivity (Wildman–Crippen MR) is 92.4 cm³/mol. The monoisotopic (exact) mass is 337 g/mol. The van der Waals surface area contributed by atoms with Gasteiger partial charge in [-0.3, -0.25) is 9.59 Å². The van der Waals surface area contributed by atoms with Crippen molar-refractivity contribution >= 4 is 23.5 Å². The van der Waals surface area contributed by atoms with E-state index < -0.39 is 0 Å². The number of benzene rings is 1. The molecule has 0 N–H and O–H groups in total. The molecule has 0 aliphatic rings. The third-order valence-corrected chi connectivity index (χ3v) is 3.61. The smallest absolute Gasteiger partial charge is 0.307 e. The lowest BCUT2D eigenvalue weighted by atomic mass is 10.1. The number of rotatable bonds is 10. The number of esters is 1. The lowest BCUT2D eigenvalue weighted by Gasteiger charge is -2.20. The van der Waals surface area contributed by atoms with Crippen LogP contribution in [0.1, 0.15) is 31.7 Å². The minimum atomic E-state index is -0.282. The van der Waals surface area contributed by atoms with Crippen molar-refractivity contribution in [1.29, 1.82) is 0 Å². The number of aryl methyl sites for hydroxylation is 1. The average molecular weight is 338 g/mol. The Kier molecular flexibility index (Phi) is 9.07. The summed E-state index contributed by atoms with van der Waals surface area (Å²) in [7, 11) is 0. The van der Waals surface area contributed by atoms with Gasteiger partial charge in [0.2, 0.25) is 5.91 Å². The fourth-order valence-electron chi connectivity index (χ4n) is 2.19. The van der Waals surface area contributed by atoms with E-state index in [2.05, 4.69) is 6.58 Å². The largest absolute Gasteiger partial charge is 0.466 e. The van der Waals surface area contributed by atoms with Crippen LogP contribution in [0.5, 0.6) is 0 Å². The summed E-state index contributed by atoms with van der Waals surface area (Å²) in [5.74, 6) is -0.251. The molecule has 0 spiro atoms. The molecule has 1 amide bonds. The van der Waals surface area contributed by atoms with Crippen molar-refractivity contribution in [2.45, 2.75) is 32.6 Å². The van der Waals surface area contributed by atoms with Crippen LogP contribution in [0.25, 0.3) is 0 Å². The fourth-order valence-corrected chi connectivity index (χ4v) is 2.31. The molecule has 0 unspecified atom stereocenters. The standard InChI is InChI=1S/C18H24ClNO3/c1-3-13-20(14-12-18(22)23-4-2)17(21)7-5-6-15-8-10-16(19)11-9-15/h3,8-11H,1,4-7,12-14H2,2H3. The first-order valence-electron chi connectivity index (χ1n) is 7.85. The molecule has 23 heavy (non-hydrogen) atoms. The van der Waals surface area contributed by atoms with Crippen LogP contribution in [0.4, 0.5) is 0 Å². The molecule has 0 aliphatic carbocycles. The molecule has 0 saturated heterocycles. The van der Waals surface area contributed by atoms with Crippen LogP contribution in [0.2, 0.25) is 5.02 Å².